The van der Waals surface area contributed by atoms with Gasteiger partial charge in [0, 0.05) is 4.91 Å². The summed E-state index contributed by atoms with van der Waals surface area (Å²) < 4.78 is 4.61. The highest BCUT2D eigenvalue weighted by Crippen LogP contribution is 2.36. The van der Waals surface area contributed by atoms with Crippen molar-refractivity contribution in [3.8, 4) is 0 Å². The fourth-order valence-electron chi connectivity index (χ4n) is 1.96. The van der Waals surface area contributed by atoms with Gasteiger partial charge in [0.2, 0.25) is 5.54 Å². The van der Waals surface area contributed by atoms with Crippen molar-refractivity contribution in [2.45, 2.75) is 5.54 Å². The standard InChI is InChI=1S/C12H9N3O3/c1-18-11(17)12(14-15-13)9-5-3-2-4-8(9)6-7-10(12)16/h2-7H,1H3. The number of ketones is 1. The zero-order valence-corrected chi connectivity index (χ0v) is 9.53. The number of esters is 1. The van der Waals surface area contributed by atoms with E-state index in [9.17, 15) is 9.59 Å². The van der Waals surface area contributed by atoms with E-state index in [1.807, 2.05) is 0 Å². The van der Waals surface area contributed by atoms with Crippen LogP contribution in [0.3, 0.4) is 0 Å². The van der Waals surface area contributed by atoms with Gasteiger partial charge in [-0.3, -0.25) is 9.59 Å². The van der Waals surface area contributed by atoms with Gasteiger partial charge >= 0.3 is 5.97 Å². The summed E-state index contributed by atoms with van der Waals surface area (Å²) in [6.07, 6.45) is 2.79. The smallest absolute Gasteiger partial charge is 0.330 e. The Morgan fingerprint density at radius 1 is 1.39 bits per heavy atom. The maximum absolute atomic E-state index is 12.0. The Bertz CT molecular complexity index is 602. The van der Waals surface area contributed by atoms with Crippen LogP contribution in [0.1, 0.15) is 11.1 Å². The van der Waals surface area contributed by atoms with Gasteiger partial charge in [0.1, 0.15) is 0 Å². The molecule has 0 radical (unpaired) electrons. The molecule has 0 N–H and O–H groups in total. The molecule has 0 aromatic heterocycles. The number of methoxy groups -OCH3 is 1. The Labute approximate surface area is 102 Å². The van der Waals surface area contributed by atoms with Gasteiger partial charge in [0.25, 0.3) is 0 Å². The molecule has 0 saturated heterocycles. The third-order valence-corrected chi connectivity index (χ3v) is 2.80. The van der Waals surface area contributed by atoms with Crippen molar-refractivity contribution in [3.63, 3.8) is 0 Å². The summed E-state index contributed by atoms with van der Waals surface area (Å²) in [5.41, 5.74) is 7.68. The van der Waals surface area contributed by atoms with Crippen molar-refractivity contribution in [1.29, 1.82) is 0 Å². The number of carbonyl (C=O) groups is 2. The summed E-state index contributed by atoms with van der Waals surface area (Å²) in [6.45, 7) is 0. The number of hydrogen-bond acceptors (Lipinski definition) is 4. The number of fused-ring (bicyclic) bond motifs is 1. The molecule has 6 nitrogen and oxygen atoms in total. The summed E-state index contributed by atoms with van der Waals surface area (Å²) in [6, 6.07) is 6.72. The van der Waals surface area contributed by atoms with E-state index in [0.29, 0.717) is 11.1 Å². The Morgan fingerprint density at radius 3 is 2.78 bits per heavy atom. The first-order valence-electron chi connectivity index (χ1n) is 5.13. The third-order valence-electron chi connectivity index (χ3n) is 2.80. The van der Waals surface area contributed by atoms with E-state index in [0.717, 1.165) is 7.11 Å². The van der Waals surface area contributed by atoms with Crippen LogP contribution in [0.5, 0.6) is 0 Å². The second kappa shape index (κ2) is 4.35. The van der Waals surface area contributed by atoms with Crippen LogP contribution >= 0.6 is 0 Å². The third kappa shape index (κ3) is 1.48. The quantitative estimate of drug-likeness (QED) is 0.261. The number of hydrogen-bond donors (Lipinski definition) is 0. The molecule has 1 aliphatic rings. The van der Waals surface area contributed by atoms with E-state index in [1.165, 1.54) is 6.08 Å². The second-order valence-electron chi connectivity index (χ2n) is 3.68. The number of nitrogens with zero attached hydrogens (tertiary/aromatic N) is 3. The predicted molar refractivity (Wildman–Crippen MR) is 63.3 cm³/mol. The highest BCUT2D eigenvalue weighted by atomic mass is 16.5. The van der Waals surface area contributed by atoms with E-state index < -0.39 is 17.3 Å². The van der Waals surface area contributed by atoms with Gasteiger partial charge in [0.15, 0.2) is 5.78 Å². The molecule has 0 saturated carbocycles. The largest absolute Gasteiger partial charge is 0.468 e. The molecule has 18 heavy (non-hydrogen) atoms. The van der Waals surface area contributed by atoms with Crippen LogP contribution in [0.15, 0.2) is 35.5 Å². The Morgan fingerprint density at radius 2 is 2.11 bits per heavy atom. The maximum atomic E-state index is 12.0. The van der Waals surface area contributed by atoms with Crippen LogP contribution in [-0.2, 0) is 19.9 Å². The van der Waals surface area contributed by atoms with Gasteiger partial charge in [0.05, 0.1) is 7.11 Å². The summed E-state index contributed by atoms with van der Waals surface area (Å²) in [7, 11) is 1.14. The lowest BCUT2D eigenvalue weighted by Crippen LogP contribution is -2.43. The van der Waals surface area contributed by atoms with Crippen LogP contribution < -0.4 is 0 Å². The van der Waals surface area contributed by atoms with Crippen molar-refractivity contribution in [1.82, 2.24) is 0 Å². The lowest BCUT2D eigenvalue weighted by molar-refractivity contribution is -0.150. The molecule has 1 atom stereocenters. The molecule has 0 amide bonds. The lowest BCUT2D eigenvalue weighted by Gasteiger charge is -2.27. The summed E-state index contributed by atoms with van der Waals surface area (Å²) in [5.74, 6) is -1.49. The number of rotatable bonds is 2. The van der Waals surface area contributed by atoms with E-state index >= 15 is 0 Å². The predicted octanol–water partition coefficient (Wildman–Crippen LogP) is 1.96. The average Bonchev–Trinajstić information content (AvgIpc) is 2.41. The highest BCUT2D eigenvalue weighted by molar-refractivity contribution is 6.17. The van der Waals surface area contributed by atoms with Gasteiger partial charge in [-0.15, -0.1) is 0 Å². The zero-order chi connectivity index (χ0) is 13.2. The van der Waals surface area contributed by atoms with Gasteiger partial charge in [-0.1, -0.05) is 35.5 Å². The van der Waals surface area contributed by atoms with Gasteiger partial charge in [-0.2, -0.15) is 0 Å². The van der Waals surface area contributed by atoms with Crippen molar-refractivity contribution >= 4 is 17.8 Å². The van der Waals surface area contributed by atoms with E-state index in [-0.39, 0.29) is 0 Å². The normalized spacial score (nSPS) is 20.8. The Balaban J connectivity index is 2.79. The molecule has 1 unspecified atom stereocenters. The van der Waals surface area contributed by atoms with Crippen LogP contribution in [0, 0.1) is 0 Å². The molecule has 90 valence electrons. The Kier molecular flexibility index (Phi) is 2.87. The second-order valence-corrected chi connectivity index (χ2v) is 3.68. The lowest BCUT2D eigenvalue weighted by atomic mass is 9.79. The summed E-state index contributed by atoms with van der Waals surface area (Å²) in [4.78, 5) is 26.5. The van der Waals surface area contributed by atoms with E-state index in [4.69, 9.17) is 5.53 Å². The number of carbonyl (C=O) groups excluding carboxylic acids is 2. The maximum Gasteiger partial charge on any atom is 0.330 e. The fraction of sp³-hybridized carbons (Fsp3) is 0.167. The molecule has 0 aliphatic heterocycles. The molecular weight excluding hydrogens is 234 g/mol. The number of azide groups is 1. The number of benzene rings is 1. The molecule has 1 aliphatic carbocycles. The summed E-state index contributed by atoms with van der Waals surface area (Å²) in [5, 5.41) is 3.41. The monoisotopic (exact) mass is 243 g/mol. The zero-order valence-electron chi connectivity index (χ0n) is 9.53. The van der Waals surface area contributed by atoms with Crippen molar-refractivity contribution < 1.29 is 14.3 Å². The molecular formula is C12H9N3O3. The first-order valence-corrected chi connectivity index (χ1v) is 5.13. The molecule has 2 rings (SSSR count). The minimum atomic E-state index is -1.95. The van der Waals surface area contributed by atoms with Crippen LogP contribution in [-0.4, -0.2) is 18.9 Å². The molecule has 0 bridgehead atoms. The number of ether oxygens (including phenoxy) is 1. The highest BCUT2D eigenvalue weighted by Gasteiger charge is 2.49. The van der Waals surface area contributed by atoms with Crippen molar-refractivity contribution in [2.24, 2.45) is 5.11 Å². The van der Waals surface area contributed by atoms with Crippen LogP contribution in [0.25, 0.3) is 16.5 Å². The Hall–Kier alpha value is -2.59. The van der Waals surface area contributed by atoms with Gasteiger partial charge in [-0.05, 0) is 22.7 Å². The van der Waals surface area contributed by atoms with E-state index in [1.54, 1.807) is 30.3 Å². The van der Waals surface area contributed by atoms with Crippen LogP contribution in [0.2, 0.25) is 0 Å². The first-order chi connectivity index (χ1) is 8.66. The molecule has 0 heterocycles. The molecule has 0 spiro atoms. The first kappa shape index (κ1) is 11.9. The fourth-order valence-corrected chi connectivity index (χ4v) is 1.96. The SMILES string of the molecule is COC(=O)C1(N=[N+]=[N-])C(=O)C=Cc2ccccc21. The molecule has 0 fully saturated rings. The van der Waals surface area contributed by atoms with Crippen molar-refractivity contribution in [3.05, 3.63) is 51.9 Å². The van der Waals surface area contributed by atoms with Crippen LogP contribution in [0.4, 0.5) is 0 Å². The minimum Gasteiger partial charge on any atom is -0.468 e. The average molecular weight is 243 g/mol. The topological polar surface area (TPSA) is 92.1 Å². The molecule has 1 aromatic carbocycles. The minimum absolute atomic E-state index is 0.335. The van der Waals surface area contributed by atoms with Crippen molar-refractivity contribution in [2.75, 3.05) is 7.11 Å². The summed E-state index contributed by atoms with van der Waals surface area (Å²) >= 11 is 0. The van der Waals surface area contributed by atoms with Gasteiger partial charge < -0.3 is 4.74 Å². The molecule has 6 heteroatoms. The van der Waals surface area contributed by atoms with Gasteiger partial charge in [-0.25, -0.2) is 0 Å². The molecule has 1 aromatic rings. The van der Waals surface area contributed by atoms with E-state index in [2.05, 4.69) is 14.8 Å².